The highest BCUT2D eigenvalue weighted by molar-refractivity contribution is 5.84. The molecular formula is C20H27NO2. The van der Waals surface area contributed by atoms with Crippen molar-refractivity contribution in [2.45, 2.75) is 32.2 Å². The molecule has 0 N–H and O–H groups in total. The molecule has 1 saturated heterocycles. The van der Waals surface area contributed by atoms with Gasteiger partial charge in [-0.2, -0.15) is 0 Å². The summed E-state index contributed by atoms with van der Waals surface area (Å²) < 4.78 is 5.67. The number of hydrogen-bond acceptors (Lipinski definition) is 2. The number of hydrogen-bond donors (Lipinski definition) is 0. The van der Waals surface area contributed by atoms with E-state index in [4.69, 9.17) is 4.74 Å². The maximum atomic E-state index is 13.2. The number of allylic oxidation sites excluding steroid dienone is 1. The van der Waals surface area contributed by atoms with E-state index in [-0.39, 0.29) is 11.9 Å². The number of benzene rings is 1. The zero-order valence-electron chi connectivity index (χ0n) is 14.0. The highest BCUT2D eigenvalue weighted by atomic mass is 16.5. The minimum absolute atomic E-state index is 0.0765. The highest BCUT2D eigenvalue weighted by Crippen LogP contribution is 2.38. The molecule has 2 rings (SSSR count). The Morgan fingerprint density at radius 3 is 2.70 bits per heavy atom. The molecule has 1 aromatic carbocycles. The van der Waals surface area contributed by atoms with E-state index in [1.807, 2.05) is 29.2 Å². The third-order valence-electron chi connectivity index (χ3n) is 4.67. The Hall–Kier alpha value is -1.87. The van der Waals surface area contributed by atoms with Crippen LogP contribution >= 0.6 is 0 Å². The van der Waals surface area contributed by atoms with Gasteiger partial charge in [-0.05, 0) is 31.7 Å². The third-order valence-corrected chi connectivity index (χ3v) is 4.67. The van der Waals surface area contributed by atoms with Crippen molar-refractivity contribution in [2.75, 3.05) is 19.8 Å². The molecule has 1 aromatic rings. The summed E-state index contributed by atoms with van der Waals surface area (Å²) in [7, 11) is 0. The molecule has 1 aliphatic rings. The van der Waals surface area contributed by atoms with E-state index in [0.717, 1.165) is 19.4 Å². The predicted molar refractivity (Wildman–Crippen MR) is 94.1 cm³/mol. The molecule has 3 heteroatoms. The minimum Gasteiger partial charge on any atom is -0.376 e. The van der Waals surface area contributed by atoms with E-state index in [2.05, 4.69) is 32.2 Å². The van der Waals surface area contributed by atoms with Gasteiger partial charge in [0, 0.05) is 6.54 Å². The summed E-state index contributed by atoms with van der Waals surface area (Å²) >= 11 is 0. The van der Waals surface area contributed by atoms with Gasteiger partial charge in [-0.25, -0.2) is 0 Å². The lowest BCUT2D eigenvalue weighted by Gasteiger charge is -2.43. The monoisotopic (exact) mass is 313 g/mol. The predicted octanol–water partition coefficient (Wildman–Crippen LogP) is 4.14. The Balaban J connectivity index is 2.20. The van der Waals surface area contributed by atoms with E-state index in [1.165, 1.54) is 5.56 Å². The average molecular weight is 313 g/mol. The van der Waals surface area contributed by atoms with Gasteiger partial charge in [-0.3, -0.25) is 4.79 Å². The van der Waals surface area contributed by atoms with E-state index < -0.39 is 5.41 Å². The molecule has 1 fully saturated rings. The van der Waals surface area contributed by atoms with E-state index in [0.29, 0.717) is 19.6 Å². The van der Waals surface area contributed by atoms with Gasteiger partial charge in [0.15, 0.2) is 0 Å². The summed E-state index contributed by atoms with van der Waals surface area (Å²) in [4.78, 5) is 15.2. The maximum Gasteiger partial charge on any atom is 0.231 e. The van der Waals surface area contributed by atoms with Crippen LogP contribution in [0.25, 0.3) is 0 Å². The Kier molecular flexibility index (Phi) is 6.17. The number of amides is 1. The Morgan fingerprint density at radius 1 is 1.30 bits per heavy atom. The van der Waals surface area contributed by atoms with Crippen LogP contribution in [-0.4, -0.2) is 30.6 Å². The lowest BCUT2D eigenvalue weighted by molar-refractivity contribution is -0.153. The van der Waals surface area contributed by atoms with Gasteiger partial charge in [-0.15, -0.1) is 13.2 Å². The molecule has 1 unspecified atom stereocenters. The number of carbonyl (C=O) groups excluding carboxylic acids is 1. The zero-order valence-corrected chi connectivity index (χ0v) is 14.0. The van der Waals surface area contributed by atoms with Crippen LogP contribution in [0.4, 0.5) is 0 Å². The Labute approximate surface area is 139 Å². The van der Waals surface area contributed by atoms with Crippen molar-refractivity contribution in [3.05, 3.63) is 61.2 Å². The van der Waals surface area contributed by atoms with E-state index in [9.17, 15) is 4.79 Å². The molecule has 3 nitrogen and oxygen atoms in total. The van der Waals surface area contributed by atoms with Crippen LogP contribution in [0.3, 0.4) is 0 Å². The molecule has 0 aliphatic carbocycles. The van der Waals surface area contributed by atoms with Crippen molar-refractivity contribution >= 4 is 5.91 Å². The van der Waals surface area contributed by atoms with Gasteiger partial charge in [0.1, 0.15) is 0 Å². The number of nitrogens with zero attached hydrogens (tertiary/aromatic N) is 1. The lowest BCUT2D eigenvalue weighted by Crippen LogP contribution is -2.51. The molecular weight excluding hydrogens is 286 g/mol. The molecule has 0 aromatic heterocycles. The average Bonchev–Trinajstić information content (AvgIpc) is 2.58. The number of rotatable bonds is 8. The van der Waals surface area contributed by atoms with Gasteiger partial charge in [0.25, 0.3) is 0 Å². The second kappa shape index (κ2) is 8.11. The van der Waals surface area contributed by atoms with Crippen molar-refractivity contribution in [3.63, 3.8) is 0 Å². The van der Waals surface area contributed by atoms with Crippen LogP contribution in [0.2, 0.25) is 0 Å². The summed E-state index contributed by atoms with van der Waals surface area (Å²) in [6.07, 6.45) is 6.06. The standard InChI is InChI=1S/C20H27NO2/c1-4-12-20(16-23-15-5-2)13-9-14-21(19(20)22)17(3)18-10-7-6-8-11-18/h4-8,10-11,17H,1-2,9,12-16H2,3H3/t17-,20?/m1/s1. The molecule has 2 atom stereocenters. The van der Waals surface area contributed by atoms with Crippen LogP contribution in [0.15, 0.2) is 55.6 Å². The molecule has 0 saturated carbocycles. The lowest BCUT2D eigenvalue weighted by atomic mass is 9.76. The largest absolute Gasteiger partial charge is 0.376 e. The second-order valence-electron chi connectivity index (χ2n) is 6.27. The zero-order chi connectivity index (χ0) is 16.7. The first kappa shape index (κ1) is 17.5. The topological polar surface area (TPSA) is 29.5 Å². The molecule has 1 heterocycles. The first-order valence-corrected chi connectivity index (χ1v) is 8.30. The van der Waals surface area contributed by atoms with Gasteiger partial charge >= 0.3 is 0 Å². The van der Waals surface area contributed by atoms with Gasteiger partial charge < -0.3 is 9.64 Å². The Morgan fingerprint density at radius 2 is 2.04 bits per heavy atom. The SMILES string of the molecule is C=CCOCC1(CC=C)CCCN([C@H](C)c2ccccc2)C1=O. The molecule has 23 heavy (non-hydrogen) atoms. The Bertz CT molecular complexity index is 540. The third kappa shape index (κ3) is 3.91. The van der Waals surface area contributed by atoms with Crippen molar-refractivity contribution in [1.29, 1.82) is 0 Å². The molecule has 1 aliphatic heterocycles. The normalized spacial score (nSPS) is 22.7. The number of piperidine rings is 1. The molecule has 0 spiro atoms. The summed E-state index contributed by atoms with van der Waals surface area (Å²) in [5.74, 6) is 0.184. The van der Waals surface area contributed by atoms with Crippen LogP contribution in [0.1, 0.15) is 37.8 Å². The fourth-order valence-corrected chi connectivity index (χ4v) is 3.38. The van der Waals surface area contributed by atoms with Crippen molar-refractivity contribution in [3.8, 4) is 0 Å². The van der Waals surface area contributed by atoms with Crippen LogP contribution in [-0.2, 0) is 9.53 Å². The van der Waals surface area contributed by atoms with Crippen LogP contribution < -0.4 is 0 Å². The first-order chi connectivity index (χ1) is 11.1. The molecule has 0 bridgehead atoms. The van der Waals surface area contributed by atoms with Crippen molar-refractivity contribution < 1.29 is 9.53 Å². The highest BCUT2D eigenvalue weighted by Gasteiger charge is 2.44. The fraction of sp³-hybridized carbons (Fsp3) is 0.450. The molecule has 124 valence electrons. The summed E-state index contributed by atoms with van der Waals surface area (Å²) in [6.45, 7) is 11.3. The quantitative estimate of drug-likeness (QED) is 0.533. The van der Waals surface area contributed by atoms with Gasteiger partial charge in [0.05, 0.1) is 24.7 Å². The first-order valence-electron chi connectivity index (χ1n) is 8.30. The molecule has 1 amide bonds. The van der Waals surface area contributed by atoms with Crippen LogP contribution in [0.5, 0.6) is 0 Å². The van der Waals surface area contributed by atoms with Crippen molar-refractivity contribution in [2.24, 2.45) is 5.41 Å². The minimum atomic E-state index is -0.480. The summed E-state index contributed by atoms with van der Waals surface area (Å²) in [5.41, 5.74) is 0.689. The van der Waals surface area contributed by atoms with E-state index >= 15 is 0 Å². The van der Waals surface area contributed by atoms with Gasteiger partial charge in [-0.1, -0.05) is 42.5 Å². The number of carbonyl (C=O) groups is 1. The fourth-order valence-electron chi connectivity index (χ4n) is 3.38. The summed E-state index contributed by atoms with van der Waals surface area (Å²) in [6, 6.07) is 10.3. The van der Waals surface area contributed by atoms with E-state index in [1.54, 1.807) is 6.08 Å². The smallest absolute Gasteiger partial charge is 0.231 e. The van der Waals surface area contributed by atoms with Crippen molar-refractivity contribution in [1.82, 2.24) is 4.90 Å². The second-order valence-corrected chi connectivity index (χ2v) is 6.27. The summed E-state index contributed by atoms with van der Waals surface area (Å²) in [5, 5.41) is 0. The van der Waals surface area contributed by atoms with Gasteiger partial charge in [0.2, 0.25) is 5.91 Å². The number of likely N-dealkylation sites (tertiary alicyclic amines) is 1. The van der Waals surface area contributed by atoms with Crippen LogP contribution in [0, 0.1) is 5.41 Å². The molecule has 0 radical (unpaired) electrons. The maximum absolute atomic E-state index is 13.2. The number of ether oxygens (including phenoxy) is 1.